The highest BCUT2D eigenvalue weighted by molar-refractivity contribution is 6.34. The summed E-state index contributed by atoms with van der Waals surface area (Å²) in [5.41, 5.74) is 0.789. The van der Waals surface area contributed by atoms with Gasteiger partial charge in [-0.05, 0) is 32.0 Å². The van der Waals surface area contributed by atoms with Crippen molar-refractivity contribution in [2.75, 3.05) is 18.5 Å². The van der Waals surface area contributed by atoms with Gasteiger partial charge in [0.05, 0.1) is 23.7 Å². The first-order chi connectivity index (χ1) is 11.3. The Bertz CT molecular complexity index is 715. The van der Waals surface area contributed by atoms with Crippen molar-refractivity contribution >= 4 is 35.0 Å². The predicted octanol–water partition coefficient (Wildman–Crippen LogP) is 1.14. The maximum absolute atomic E-state index is 12.1. The summed E-state index contributed by atoms with van der Waals surface area (Å²) in [5, 5.41) is 14.7. The zero-order valence-corrected chi connectivity index (χ0v) is 14.1. The molecule has 0 fully saturated rings. The monoisotopic (exact) mass is 351 g/mol. The third-order valence-electron chi connectivity index (χ3n) is 3.24. The minimum absolute atomic E-state index is 0.0473. The van der Waals surface area contributed by atoms with Gasteiger partial charge in [-0.3, -0.25) is 19.3 Å². The quantitative estimate of drug-likeness (QED) is 0.667. The molecule has 1 aliphatic heterocycles. The zero-order chi connectivity index (χ0) is 17.9. The molecule has 0 saturated heterocycles. The smallest absolute Gasteiger partial charge is 0.277 e. The Balaban J connectivity index is 2.19. The SMILES string of the molecule is CC(C)NC(=O)c1cc(NC2=CC(=O)N(CCO)C2=O)ccc1Cl. The Morgan fingerprint density at radius 2 is 2.04 bits per heavy atom. The molecule has 0 bridgehead atoms. The number of hydrogen-bond acceptors (Lipinski definition) is 5. The van der Waals surface area contributed by atoms with Gasteiger partial charge in [0.15, 0.2) is 0 Å². The number of rotatable bonds is 6. The van der Waals surface area contributed by atoms with E-state index in [1.807, 2.05) is 13.8 Å². The van der Waals surface area contributed by atoms with E-state index in [4.69, 9.17) is 16.7 Å². The lowest BCUT2D eigenvalue weighted by Gasteiger charge is -2.14. The van der Waals surface area contributed by atoms with Crippen LogP contribution in [0.25, 0.3) is 0 Å². The molecule has 128 valence electrons. The molecule has 7 nitrogen and oxygen atoms in total. The summed E-state index contributed by atoms with van der Waals surface area (Å²) in [4.78, 5) is 36.9. The molecule has 8 heteroatoms. The molecule has 0 aliphatic carbocycles. The van der Waals surface area contributed by atoms with Crippen LogP contribution >= 0.6 is 11.6 Å². The largest absolute Gasteiger partial charge is 0.395 e. The second-order valence-electron chi connectivity index (χ2n) is 5.52. The first kappa shape index (κ1) is 18.0. The van der Waals surface area contributed by atoms with E-state index in [0.29, 0.717) is 5.69 Å². The molecule has 3 amide bonds. The minimum atomic E-state index is -0.530. The highest BCUT2D eigenvalue weighted by Crippen LogP contribution is 2.23. The second kappa shape index (κ2) is 7.46. The van der Waals surface area contributed by atoms with Gasteiger partial charge in [-0.15, -0.1) is 0 Å². The minimum Gasteiger partial charge on any atom is -0.395 e. The first-order valence-electron chi connectivity index (χ1n) is 7.39. The van der Waals surface area contributed by atoms with E-state index in [9.17, 15) is 14.4 Å². The van der Waals surface area contributed by atoms with Gasteiger partial charge in [-0.1, -0.05) is 11.6 Å². The van der Waals surface area contributed by atoms with Crippen molar-refractivity contribution in [3.05, 3.63) is 40.6 Å². The van der Waals surface area contributed by atoms with Crippen LogP contribution in [-0.4, -0.2) is 46.9 Å². The first-order valence-corrected chi connectivity index (χ1v) is 7.77. The van der Waals surface area contributed by atoms with Gasteiger partial charge in [0.1, 0.15) is 5.70 Å². The number of nitrogens with one attached hydrogen (secondary N) is 2. The van der Waals surface area contributed by atoms with E-state index >= 15 is 0 Å². The van der Waals surface area contributed by atoms with Crippen LogP contribution in [0, 0.1) is 0 Å². The van der Waals surface area contributed by atoms with Gasteiger partial charge in [-0.25, -0.2) is 0 Å². The number of benzene rings is 1. The topological polar surface area (TPSA) is 98.7 Å². The molecule has 0 unspecified atom stereocenters. The Morgan fingerprint density at radius 3 is 2.67 bits per heavy atom. The number of β-amino-alcohol motifs (C(OH)–C–C–N with tert-alkyl or cyclic N) is 1. The zero-order valence-electron chi connectivity index (χ0n) is 13.3. The number of halogens is 1. The van der Waals surface area contributed by atoms with Crippen LogP contribution < -0.4 is 10.6 Å². The number of carbonyl (C=O) groups is 3. The van der Waals surface area contributed by atoms with Crippen LogP contribution in [0.5, 0.6) is 0 Å². The van der Waals surface area contributed by atoms with E-state index in [2.05, 4.69) is 10.6 Å². The van der Waals surface area contributed by atoms with Gasteiger partial charge in [-0.2, -0.15) is 0 Å². The molecule has 0 saturated carbocycles. The number of imide groups is 1. The van der Waals surface area contributed by atoms with Crippen molar-refractivity contribution < 1.29 is 19.5 Å². The summed E-state index contributed by atoms with van der Waals surface area (Å²) in [6.07, 6.45) is 1.15. The van der Waals surface area contributed by atoms with Crippen LogP contribution in [0.2, 0.25) is 5.02 Å². The molecular formula is C16H18ClN3O4. The van der Waals surface area contributed by atoms with Gasteiger partial charge in [0.25, 0.3) is 17.7 Å². The summed E-state index contributed by atoms with van der Waals surface area (Å²) in [7, 11) is 0. The molecule has 1 heterocycles. The molecule has 1 aromatic rings. The lowest BCUT2D eigenvalue weighted by atomic mass is 10.1. The summed E-state index contributed by atoms with van der Waals surface area (Å²) in [5.74, 6) is -1.36. The Labute approximate surface area is 144 Å². The van der Waals surface area contributed by atoms with Gasteiger partial charge in [0, 0.05) is 17.8 Å². The lowest BCUT2D eigenvalue weighted by molar-refractivity contribution is -0.137. The fourth-order valence-corrected chi connectivity index (χ4v) is 2.39. The number of nitrogens with zero attached hydrogens (tertiary/aromatic N) is 1. The molecule has 0 spiro atoms. The number of amides is 3. The molecule has 3 N–H and O–H groups in total. The molecule has 1 aliphatic rings. The van der Waals surface area contributed by atoms with Crippen LogP contribution in [0.1, 0.15) is 24.2 Å². The summed E-state index contributed by atoms with van der Waals surface area (Å²) in [6, 6.07) is 4.59. The average molecular weight is 352 g/mol. The maximum Gasteiger partial charge on any atom is 0.277 e. The Kier molecular flexibility index (Phi) is 5.58. The molecule has 2 rings (SSSR count). The molecule has 0 aromatic heterocycles. The summed E-state index contributed by atoms with van der Waals surface area (Å²) in [6.45, 7) is 3.29. The molecule has 0 atom stereocenters. The lowest BCUT2D eigenvalue weighted by Crippen LogP contribution is -2.34. The standard InChI is InChI=1S/C16H18ClN3O4/c1-9(2)18-15(23)11-7-10(3-4-12(11)17)19-13-8-14(22)20(5-6-21)16(13)24/h3-4,7-9,19,21H,5-6H2,1-2H3,(H,18,23). The number of aliphatic hydroxyl groups excluding tert-OH is 1. The highest BCUT2D eigenvalue weighted by Gasteiger charge is 2.30. The molecule has 24 heavy (non-hydrogen) atoms. The van der Waals surface area contributed by atoms with Crippen molar-refractivity contribution in [3.63, 3.8) is 0 Å². The van der Waals surface area contributed by atoms with E-state index in [0.717, 1.165) is 11.0 Å². The van der Waals surface area contributed by atoms with E-state index in [1.54, 1.807) is 6.07 Å². The molecular weight excluding hydrogens is 334 g/mol. The fourth-order valence-electron chi connectivity index (χ4n) is 2.18. The van der Waals surface area contributed by atoms with Crippen molar-refractivity contribution in [2.24, 2.45) is 0 Å². The maximum atomic E-state index is 12.1. The van der Waals surface area contributed by atoms with E-state index < -0.39 is 11.8 Å². The fraction of sp³-hybridized carbons (Fsp3) is 0.312. The highest BCUT2D eigenvalue weighted by atomic mass is 35.5. The summed E-state index contributed by atoms with van der Waals surface area (Å²) >= 11 is 6.05. The van der Waals surface area contributed by atoms with Crippen LogP contribution in [-0.2, 0) is 9.59 Å². The van der Waals surface area contributed by atoms with Gasteiger partial charge in [0.2, 0.25) is 0 Å². The van der Waals surface area contributed by atoms with Crippen molar-refractivity contribution in [1.82, 2.24) is 10.2 Å². The van der Waals surface area contributed by atoms with Crippen LogP contribution in [0.4, 0.5) is 5.69 Å². The second-order valence-corrected chi connectivity index (χ2v) is 5.93. The molecule has 1 aromatic carbocycles. The van der Waals surface area contributed by atoms with Crippen molar-refractivity contribution in [3.8, 4) is 0 Å². The predicted molar refractivity (Wildman–Crippen MR) is 89.6 cm³/mol. The normalized spacial score (nSPS) is 14.2. The van der Waals surface area contributed by atoms with Crippen molar-refractivity contribution in [1.29, 1.82) is 0 Å². The third-order valence-corrected chi connectivity index (χ3v) is 3.57. The van der Waals surface area contributed by atoms with Gasteiger partial charge < -0.3 is 15.7 Å². The summed E-state index contributed by atoms with van der Waals surface area (Å²) < 4.78 is 0. The van der Waals surface area contributed by atoms with E-state index in [-0.39, 0.29) is 41.4 Å². The number of aliphatic hydroxyl groups is 1. The van der Waals surface area contributed by atoms with E-state index in [1.165, 1.54) is 12.1 Å². The molecule has 0 radical (unpaired) electrons. The van der Waals surface area contributed by atoms with Gasteiger partial charge >= 0.3 is 0 Å². The number of hydrogen-bond donors (Lipinski definition) is 3. The van der Waals surface area contributed by atoms with Crippen LogP contribution in [0.15, 0.2) is 30.0 Å². The average Bonchev–Trinajstić information content (AvgIpc) is 2.76. The third kappa shape index (κ3) is 3.93. The Morgan fingerprint density at radius 1 is 1.33 bits per heavy atom. The Hall–Kier alpha value is -2.38. The van der Waals surface area contributed by atoms with Crippen molar-refractivity contribution in [2.45, 2.75) is 19.9 Å². The van der Waals surface area contributed by atoms with Crippen LogP contribution in [0.3, 0.4) is 0 Å². The number of carbonyl (C=O) groups excluding carboxylic acids is 3. The number of anilines is 1.